The fourth-order valence-electron chi connectivity index (χ4n) is 3.57. The predicted octanol–water partition coefficient (Wildman–Crippen LogP) is 7.28. The highest BCUT2D eigenvalue weighted by Crippen LogP contribution is 2.29. The predicted molar refractivity (Wildman–Crippen MR) is 132 cm³/mol. The first kappa shape index (κ1) is 21.6. The summed E-state index contributed by atoms with van der Waals surface area (Å²) in [5, 5.41) is 15.7. The van der Waals surface area contributed by atoms with Crippen LogP contribution in [-0.2, 0) is 11.2 Å². The Hall–Kier alpha value is -3.58. The molecule has 156 valence electrons. The van der Waals surface area contributed by atoms with Gasteiger partial charge in [0.1, 0.15) is 11.6 Å². The van der Waals surface area contributed by atoms with Crippen LogP contribution in [0.15, 0.2) is 90.5 Å². The Morgan fingerprint density at radius 3 is 2.47 bits per heavy atom. The molecule has 1 amide bonds. The van der Waals surface area contributed by atoms with E-state index in [-0.39, 0.29) is 5.57 Å². The number of halogens is 2. The lowest BCUT2D eigenvalue weighted by atomic mass is 9.93. The second kappa shape index (κ2) is 9.70. The van der Waals surface area contributed by atoms with Gasteiger partial charge in [0, 0.05) is 15.7 Å². The first-order valence-electron chi connectivity index (χ1n) is 9.98. The topological polar surface area (TPSA) is 52.9 Å². The number of carbonyl (C=O) groups excluding carboxylic acids is 1. The van der Waals surface area contributed by atoms with Crippen molar-refractivity contribution in [2.24, 2.45) is 0 Å². The third-order valence-electron chi connectivity index (χ3n) is 5.14. The van der Waals surface area contributed by atoms with Gasteiger partial charge in [-0.3, -0.25) is 4.79 Å². The van der Waals surface area contributed by atoms with E-state index in [4.69, 9.17) is 23.2 Å². The molecular formula is C27H18Cl2N2O. The molecule has 0 unspecified atom stereocenters. The Labute approximate surface area is 196 Å². The Kier molecular flexibility index (Phi) is 6.56. The second-order valence-electron chi connectivity index (χ2n) is 7.26. The summed E-state index contributed by atoms with van der Waals surface area (Å²) in [6.45, 7) is 0. The lowest BCUT2D eigenvalue weighted by molar-refractivity contribution is -0.112. The molecule has 4 aromatic rings. The van der Waals surface area contributed by atoms with Crippen LogP contribution in [0, 0.1) is 11.3 Å². The molecule has 0 aliphatic heterocycles. The molecule has 0 atom stereocenters. The number of amides is 1. The number of anilines is 1. The number of benzene rings is 4. The molecule has 0 saturated heterocycles. The standard InChI is InChI=1S/C27H18Cl2N2O/c28-22-8-5-9-23(16-22)31-27(32)21(17-30)15-25-19(14-20-7-2-4-11-26(20)29)13-12-18-6-1-3-10-24(18)25/h1-13,15-16H,14H2,(H,31,32)/b21-15+. The molecule has 0 spiro atoms. The van der Waals surface area contributed by atoms with E-state index in [1.807, 2.05) is 66.7 Å². The summed E-state index contributed by atoms with van der Waals surface area (Å²) in [7, 11) is 0. The lowest BCUT2D eigenvalue weighted by Gasteiger charge is -2.12. The summed E-state index contributed by atoms with van der Waals surface area (Å²) < 4.78 is 0. The second-order valence-corrected chi connectivity index (χ2v) is 8.11. The van der Waals surface area contributed by atoms with E-state index in [0.717, 1.165) is 27.5 Å². The molecule has 32 heavy (non-hydrogen) atoms. The molecule has 0 aliphatic rings. The Morgan fingerprint density at radius 1 is 0.906 bits per heavy atom. The highest BCUT2D eigenvalue weighted by molar-refractivity contribution is 6.31. The van der Waals surface area contributed by atoms with Crippen LogP contribution in [0.3, 0.4) is 0 Å². The Morgan fingerprint density at radius 2 is 1.69 bits per heavy atom. The summed E-state index contributed by atoms with van der Waals surface area (Å²) in [6, 6.07) is 28.5. The monoisotopic (exact) mass is 456 g/mol. The van der Waals surface area contributed by atoms with Gasteiger partial charge >= 0.3 is 0 Å². The maximum absolute atomic E-state index is 12.9. The molecule has 3 nitrogen and oxygen atoms in total. The third-order valence-corrected chi connectivity index (χ3v) is 5.74. The van der Waals surface area contributed by atoms with E-state index in [9.17, 15) is 10.1 Å². The molecule has 0 bridgehead atoms. The van der Waals surface area contributed by atoms with E-state index in [1.54, 1.807) is 30.3 Å². The quantitative estimate of drug-likeness (QED) is 0.253. The highest BCUT2D eigenvalue weighted by Gasteiger charge is 2.14. The molecule has 0 aliphatic carbocycles. The lowest BCUT2D eigenvalue weighted by Crippen LogP contribution is -2.13. The van der Waals surface area contributed by atoms with E-state index >= 15 is 0 Å². The average Bonchev–Trinajstić information content (AvgIpc) is 2.79. The number of rotatable bonds is 5. The van der Waals surface area contributed by atoms with Crippen molar-refractivity contribution in [3.05, 3.63) is 117 Å². The molecule has 4 rings (SSSR count). The van der Waals surface area contributed by atoms with Gasteiger partial charge in [-0.05, 0) is 64.2 Å². The van der Waals surface area contributed by atoms with Gasteiger partial charge in [-0.2, -0.15) is 5.26 Å². The summed E-state index contributed by atoms with van der Waals surface area (Å²) >= 11 is 12.4. The SMILES string of the molecule is N#C/C(=C\c1c(Cc2ccccc2Cl)ccc2ccccc12)C(=O)Nc1cccc(Cl)c1. The number of nitrogens with one attached hydrogen (secondary N) is 1. The normalized spacial score (nSPS) is 11.2. The van der Waals surface area contributed by atoms with Crippen molar-refractivity contribution in [1.29, 1.82) is 5.26 Å². The summed E-state index contributed by atoms with van der Waals surface area (Å²) in [6.07, 6.45) is 2.22. The summed E-state index contributed by atoms with van der Waals surface area (Å²) in [5.41, 5.74) is 3.29. The number of hydrogen-bond acceptors (Lipinski definition) is 2. The van der Waals surface area contributed by atoms with E-state index in [1.165, 1.54) is 0 Å². The average molecular weight is 457 g/mol. The highest BCUT2D eigenvalue weighted by atomic mass is 35.5. The molecular weight excluding hydrogens is 439 g/mol. The minimum absolute atomic E-state index is 0.00161. The zero-order chi connectivity index (χ0) is 22.5. The van der Waals surface area contributed by atoms with Gasteiger partial charge in [-0.15, -0.1) is 0 Å². The minimum atomic E-state index is -0.494. The smallest absolute Gasteiger partial charge is 0.266 e. The number of carbonyl (C=O) groups is 1. The van der Waals surface area contributed by atoms with Crippen molar-refractivity contribution >= 4 is 51.6 Å². The van der Waals surface area contributed by atoms with E-state index in [2.05, 4.69) is 5.32 Å². The molecule has 1 N–H and O–H groups in total. The molecule has 0 saturated carbocycles. The molecule has 0 heterocycles. The molecule has 5 heteroatoms. The molecule has 0 fully saturated rings. The van der Waals surface area contributed by atoms with Gasteiger partial charge in [0.25, 0.3) is 5.91 Å². The maximum atomic E-state index is 12.9. The maximum Gasteiger partial charge on any atom is 0.266 e. The molecule has 0 aromatic heterocycles. The van der Waals surface area contributed by atoms with Gasteiger partial charge in [-0.25, -0.2) is 0 Å². The van der Waals surface area contributed by atoms with Crippen molar-refractivity contribution in [3.8, 4) is 6.07 Å². The van der Waals surface area contributed by atoms with Crippen LogP contribution in [0.2, 0.25) is 10.0 Å². The largest absolute Gasteiger partial charge is 0.321 e. The zero-order valence-electron chi connectivity index (χ0n) is 17.0. The van der Waals surface area contributed by atoms with Crippen molar-refractivity contribution in [2.45, 2.75) is 6.42 Å². The van der Waals surface area contributed by atoms with Gasteiger partial charge in [0.2, 0.25) is 0 Å². The van der Waals surface area contributed by atoms with Gasteiger partial charge in [0.05, 0.1) is 0 Å². The van der Waals surface area contributed by atoms with Crippen molar-refractivity contribution in [2.75, 3.05) is 5.32 Å². The number of nitriles is 1. The zero-order valence-corrected chi connectivity index (χ0v) is 18.5. The van der Waals surface area contributed by atoms with Gasteiger partial charge in [0.15, 0.2) is 0 Å². The van der Waals surface area contributed by atoms with Crippen molar-refractivity contribution in [1.82, 2.24) is 0 Å². The first-order chi connectivity index (χ1) is 15.5. The van der Waals surface area contributed by atoms with Crippen molar-refractivity contribution in [3.63, 3.8) is 0 Å². The first-order valence-corrected chi connectivity index (χ1v) is 10.7. The van der Waals surface area contributed by atoms with E-state index in [0.29, 0.717) is 22.2 Å². The Bertz CT molecular complexity index is 1390. The van der Waals surface area contributed by atoms with E-state index < -0.39 is 5.91 Å². The van der Waals surface area contributed by atoms with Crippen LogP contribution in [0.1, 0.15) is 16.7 Å². The Balaban J connectivity index is 1.78. The minimum Gasteiger partial charge on any atom is -0.321 e. The van der Waals surface area contributed by atoms with Crippen LogP contribution in [-0.4, -0.2) is 5.91 Å². The number of nitrogens with zero attached hydrogens (tertiary/aromatic N) is 1. The molecule has 4 aromatic carbocycles. The van der Waals surface area contributed by atoms with Gasteiger partial charge < -0.3 is 5.32 Å². The number of fused-ring (bicyclic) bond motifs is 1. The van der Waals surface area contributed by atoms with Crippen molar-refractivity contribution < 1.29 is 4.79 Å². The molecule has 0 radical (unpaired) electrons. The van der Waals surface area contributed by atoms with Crippen LogP contribution in [0.5, 0.6) is 0 Å². The van der Waals surface area contributed by atoms with Crippen LogP contribution < -0.4 is 5.32 Å². The number of hydrogen-bond donors (Lipinski definition) is 1. The third kappa shape index (κ3) is 4.84. The van der Waals surface area contributed by atoms with Crippen LogP contribution in [0.25, 0.3) is 16.8 Å². The van der Waals surface area contributed by atoms with Gasteiger partial charge in [-0.1, -0.05) is 83.9 Å². The fraction of sp³-hybridized carbons (Fsp3) is 0.0370. The van der Waals surface area contributed by atoms with Crippen LogP contribution in [0.4, 0.5) is 5.69 Å². The fourth-order valence-corrected chi connectivity index (χ4v) is 3.96. The summed E-state index contributed by atoms with van der Waals surface area (Å²) in [4.78, 5) is 12.9. The van der Waals surface area contributed by atoms with Crippen LogP contribution >= 0.6 is 23.2 Å². The summed E-state index contributed by atoms with van der Waals surface area (Å²) in [5.74, 6) is -0.494.